The summed E-state index contributed by atoms with van der Waals surface area (Å²) in [5, 5.41) is 0. The Bertz CT molecular complexity index is 140. The molecule has 0 aliphatic carbocycles. The van der Waals surface area contributed by atoms with E-state index < -0.39 is 0 Å². The van der Waals surface area contributed by atoms with Crippen LogP contribution < -0.4 is 0 Å². The van der Waals surface area contributed by atoms with E-state index in [9.17, 15) is 4.79 Å². The Labute approximate surface area is 61.9 Å². The molecule has 0 heterocycles. The molecule has 0 saturated heterocycles. The van der Waals surface area contributed by atoms with E-state index in [0.717, 1.165) is 6.29 Å². The lowest BCUT2D eigenvalue weighted by atomic mass is 10.2. The fourth-order valence-electron chi connectivity index (χ4n) is 0.613. The number of hydrogen-bond donors (Lipinski definition) is 0. The number of aldehydes is 1. The molecule has 2 heteroatoms. The summed E-state index contributed by atoms with van der Waals surface area (Å²) in [5.41, 5.74) is -0.205. The SMILES string of the molecule is CC(=CC=O)OC(C)(C)C. The molecule has 0 aromatic rings. The van der Waals surface area contributed by atoms with Gasteiger partial charge in [0, 0.05) is 6.08 Å². The van der Waals surface area contributed by atoms with Crippen LogP contribution in [0.4, 0.5) is 0 Å². The van der Waals surface area contributed by atoms with E-state index >= 15 is 0 Å². The van der Waals surface area contributed by atoms with Crippen molar-refractivity contribution in [3.8, 4) is 0 Å². The average molecular weight is 142 g/mol. The molecule has 0 N–H and O–H groups in total. The second-order valence-electron chi connectivity index (χ2n) is 3.13. The van der Waals surface area contributed by atoms with Crippen molar-refractivity contribution in [3.05, 3.63) is 11.8 Å². The Morgan fingerprint density at radius 1 is 1.40 bits per heavy atom. The molecule has 0 radical (unpaired) electrons. The van der Waals surface area contributed by atoms with Crippen molar-refractivity contribution in [3.63, 3.8) is 0 Å². The van der Waals surface area contributed by atoms with Gasteiger partial charge in [0.1, 0.15) is 11.9 Å². The molecule has 0 fully saturated rings. The molecule has 0 atom stereocenters. The lowest BCUT2D eigenvalue weighted by Gasteiger charge is -2.21. The zero-order valence-electron chi connectivity index (χ0n) is 6.97. The quantitative estimate of drug-likeness (QED) is 0.334. The molecule has 0 saturated carbocycles. The maximum atomic E-state index is 9.94. The molecule has 58 valence electrons. The van der Waals surface area contributed by atoms with Gasteiger partial charge in [0.15, 0.2) is 0 Å². The zero-order chi connectivity index (χ0) is 8.20. The smallest absolute Gasteiger partial charge is 0.146 e. The highest BCUT2D eigenvalue weighted by atomic mass is 16.5. The normalized spacial score (nSPS) is 13.0. The molecule has 0 spiro atoms. The summed E-state index contributed by atoms with van der Waals surface area (Å²) >= 11 is 0. The molecular weight excluding hydrogens is 128 g/mol. The fraction of sp³-hybridized carbons (Fsp3) is 0.625. The largest absolute Gasteiger partial charge is 0.493 e. The van der Waals surface area contributed by atoms with Crippen molar-refractivity contribution in [1.29, 1.82) is 0 Å². The molecule has 10 heavy (non-hydrogen) atoms. The number of allylic oxidation sites excluding steroid dienone is 2. The molecular formula is C8H14O2. The van der Waals surface area contributed by atoms with E-state index in [4.69, 9.17) is 4.74 Å². The third-order valence-corrected chi connectivity index (χ3v) is 0.770. The van der Waals surface area contributed by atoms with E-state index in [2.05, 4.69) is 0 Å². The maximum Gasteiger partial charge on any atom is 0.146 e. The summed E-state index contributed by atoms with van der Waals surface area (Å²) in [6.45, 7) is 7.58. The molecule has 2 nitrogen and oxygen atoms in total. The highest BCUT2D eigenvalue weighted by Crippen LogP contribution is 2.11. The van der Waals surface area contributed by atoms with Gasteiger partial charge in [0.05, 0.1) is 5.76 Å². The van der Waals surface area contributed by atoms with E-state index in [-0.39, 0.29) is 5.60 Å². The van der Waals surface area contributed by atoms with Gasteiger partial charge >= 0.3 is 0 Å². The van der Waals surface area contributed by atoms with Crippen LogP contribution in [0.2, 0.25) is 0 Å². The predicted octanol–water partition coefficient (Wildman–Crippen LogP) is 1.90. The van der Waals surface area contributed by atoms with Crippen molar-refractivity contribution in [2.45, 2.75) is 33.3 Å². The predicted molar refractivity (Wildman–Crippen MR) is 40.7 cm³/mol. The summed E-state index contributed by atoms with van der Waals surface area (Å²) in [6, 6.07) is 0. The van der Waals surface area contributed by atoms with Crippen LogP contribution in [0.5, 0.6) is 0 Å². The summed E-state index contributed by atoms with van der Waals surface area (Å²) in [5.74, 6) is 0.655. The zero-order valence-corrected chi connectivity index (χ0v) is 6.97. The Balaban J connectivity index is 3.91. The molecule has 0 rings (SSSR count). The van der Waals surface area contributed by atoms with Crippen LogP contribution in [0.1, 0.15) is 27.7 Å². The van der Waals surface area contributed by atoms with Crippen LogP contribution in [-0.2, 0) is 9.53 Å². The van der Waals surface area contributed by atoms with Crippen molar-refractivity contribution in [2.75, 3.05) is 0 Å². The molecule has 0 unspecified atom stereocenters. The van der Waals surface area contributed by atoms with E-state index in [1.807, 2.05) is 20.8 Å². The highest BCUT2D eigenvalue weighted by Gasteiger charge is 2.10. The van der Waals surface area contributed by atoms with E-state index in [1.54, 1.807) is 6.92 Å². The van der Waals surface area contributed by atoms with Gasteiger partial charge in [-0.2, -0.15) is 0 Å². The van der Waals surface area contributed by atoms with Gasteiger partial charge in [-0.15, -0.1) is 0 Å². The third-order valence-electron chi connectivity index (χ3n) is 0.770. The van der Waals surface area contributed by atoms with Gasteiger partial charge in [0.2, 0.25) is 0 Å². The van der Waals surface area contributed by atoms with Crippen LogP contribution in [0.25, 0.3) is 0 Å². The number of carbonyl (C=O) groups excluding carboxylic acids is 1. The topological polar surface area (TPSA) is 26.3 Å². The Hall–Kier alpha value is -0.790. The fourth-order valence-corrected chi connectivity index (χ4v) is 0.613. The molecule has 0 bridgehead atoms. The Morgan fingerprint density at radius 3 is 2.20 bits per heavy atom. The summed E-state index contributed by atoms with van der Waals surface area (Å²) in [7, 11) is 0. The van der Waals surface area contributed by atoms with Gasteiger partial charge in [-0.05, 0) is 27.7 Å². The Morgan fingerprint density at radius 2 is 1.90 bits per heavy atom. The molecule has 0 aliphatic rings. The van der Waals surface area contributed by atoms with Crippen molar-refractivity contribution < 1.29 is 9.53 Å². The number of hydrogen-bond acceptors (Lipinski definition) is 2. The number of rotatable bonds is 2. The summed E-state index contributed by atoms with van der Waals surface area (Å²) in [6.07, 6.45) is 2.13. The van der Waals surface area contributed by atoms with Gasteiger partial charge in [-0.1, -0.05) is 0 Å². The molecule has 0 aromatic heterocycles. The monoisotopic (exact) mass is 142 g/mol. The molecule has 0 aliphatic heterocycles. The second kappa shape index (κ2) is 3.40. The van der Waals surface area contributed by atoms with E-state index in [1.165, 1.54) is 6.08 Å². The van der Waals surface area contributed by atoms with Crippen LogP contribution in [-0.4, -0.2) is 11.9 Å². The standard InChI is InChI=1S/C8H14O2/c1-7(5-6-9)10-8(2,3)4/h5-6H,1-4H3. The van der Waals surface area contributed by atoms with Gasteiger partial charge < -0.3 is 4.74 Å². The third kappa shape index (κ3) is 5.35. The first kappa shape index (κ1) is 9.21. The maximum absolute atomic E-state index is 9.94. The van der Waals surface area contributed by atoms with E-state index in [0.29, 0.717) is 5.76 Å². The Kier molecular flexibility index (Phi) is 3.13. The van der Waals surface area contributed by atoms with Gasteiger partial charge in [-0.3, -0.25) is 4.79 Å². The number of carbonyl (C=O) groups is 1. The van der Waals surface area contributed by atoms with Crippen molar-refractivity contribution in [2.24, 2.45) is 0 Å². The average Bonchev–Trinajstić information content (AvgIpc) is 1.59. The number of ether oxygens (including phenoxy) is 1. The van der Waals surface area contributed by atoms with Crippen LogP contribution >= 0.6 is 0 Å². The second-order valence-corrected chi connectivity index (χ2v) is 3.13. The van der Waals surface area contributed by atoms with Gasteiger partial charge in [-0.25, -0.2) is 0 Å². The van der Waals surface area contributed by atoms with Crippen LogP contribution in [0, 0.1) is 0 Å². The van der Waals surface area contributed by atoms with Gasteiger partial charge in [0.25, 0.3) is 0 Å². The summed E-state index contributed by atoms with van der Waals surface area (Å²) < 4.78 is 5.31. The minimum Gasteiger partial charge on any atom is -0.493 e. The minimum atomic E-state index is -0.205. The van der Waals surface area contributed by atoms with Crippen LogP contribution in [0.3, 0.4) is 0 Å². The highest BCUT2D eigenvalue weighted by molar-refractivity contribution is 5.65. The van der Waals surface area contributed by atoms with Crippen molar-refractivity contribution in [1.82, 2.24) is 0 Å². The van der Waals surface area contributed by atoms with Crippen molar-refractivity contribution >= 4 is 6.29 Å². The summed E-state index contributed by atoms with van der Waals surface area (Å²) in [4.78, 5) is 9.94. The minimum absolute atomic E-state index is 0.205. The first-order valence-electron chi connectivity index (χ1n) is 3.27. The first-order valence-corrected chi connectivity index (χ1v) is 3.27. The molecule has 0 aromatic carbocycles. The first-order chi connectivity index (χ1) is 4.45. The lowest BCUT2D eigenvalue weighted by Crippen LogP contribution is -2.17. The molecule has 0 amide bonds. The lowest BCUT2D eigenvalue weighted by molar-refractivity contribution is -0.104. The van der Waals surface area contributed by atoms with Crippen LogP contribution in [0.15, 0.2) is 11.8 Å².